The SMILES string of the molecule is Cc1nonc1CNC(C)C(=O)NCC(C)C. The summed E-state index contributed by atoms with van der Waals surface area (Å²) in [6.45, 7) is 8.92. The predicted molar refractivity (Wildman–Crippen MR) is 63.2 cm³/mol. The van der Waals surface area contributed by atoms with E-state index in [-0.39, 0.29) is 11.9 Å². The molecule has 1 unspecified atom stereocenters. The van der Waals surface area contributed by atoms with Gasteiger partial charge in [-0.05, 0) is 19.8 Å². The minimum Gasteiger partial charge on any atom is -0.354 e. The van der Waals surface area contributed by atoms with E-state index in [1.165, 1.54) is 0 Å². The van der Waals surface area contributed by atoms with Crippen molar-refractivity contribution < 1.29 is 9.42 Å². The highest BCUT2D eigenvalue weighted by Gasteiger charge is 2.13. The van der Waals surface area contributed by atoms with Gasteiger partial charge in [0.05, 0.1) is 6.04 Å². The van der Waals surface area contributed by atoms with Crippen LogP contribution in [0.4, 0.5) is 0 Å². The largest absolute Gasteiger partial charge is 0.354 e. The molecule has 2 N–H and O–H groups in total. The monoisotopic (exact) mass is 240 g/mol. The van der Waals surface area contributed by atoms with Gasteiger partial charge < -0.3 is 10.6 Å². The lowest BCUT2D eigenvalue weighted by molar-refractivity contribution is -0.122. The maximum atomic E-state index is 11.7. The van der Waals surface area contributed by atoms with Gasteiger partial charge in [-0.2, -0.15) is 0 Å². The van der Waals surface area contributed by atoms with E-state index in [4.69, 9.17) is 0 Å². The fourth-order valence-corrected chi connectivity index (χ4v) is 1.21. The molecule has 0 spiro atoms. The molecular formula is C11H20N4O2. The number of nitrogens with zero attached hydrogens (tertiary/aromatic N) is 2. The zero-order valence-electron chi connectivity index (χ0n) is 10.8. The number of hydrogen-bond acceptors (Lipinski definition) is 5. The molecule has 0 saturated heterocycles. The molecule has 1 heterocycles. The highest BCUT2D eigenvalue weighted by Crippen LogP contribution is 2.00. The second-order valence-electron chi connectivity index (χ2n) is 4.54. The third-order valence-corrected chi connectivity index (χ3v) is 2.40. The van der Waals surface area contributed by atoms with E-state index in [0.29, 0.717) is 19.0 Å². The minimum absolute atomic E-state index is 0.00666. The number of hydrogen-bond donors (Lipinski definition) is 2. The van der Waals surface area contributed by atoms with Crippen molar-refractivity contribution in [2.45, 2.75) is 40.3 Å². The van der Waals surface area contributed by atoms with Gasteiger partial charge in [-0.25, -0.2) is 4.63 Å². The zero-order chi connectivity index (χ0) is 12.8. The number of carbonyl (C=O) groups excluding carboxylic acids is 1. The lowest BCUT2D eigenvalue weighted by atomic mass is 10.2. The first-order valence-corrected chi connectivity index (χ1v) is 5.79. The molecule has 1 amide bonds. The Labute approximate surface area is 101 Å². The fourth-order valence-electron chi connectivity index (χ4n) is 1.21. The topological polar surface area (TPSA) is 80.1 Å². The van der Waals surface area contributed by atoms with Gasteiger partial charge in [0.2, 0.25) is 5.91 Å². The van der Waals surface area contributed by atoms with E-state index in [2.05, 4.69) is 39.4 Å². The maximum absolute atomic E-state index is 11.7. The van der Waals surface area contributed by atoms with Gasteiger partial charge in [0.25, 0.3) is 0 Å². The minimum atomic E-state index is -0.259. The van der Waals surface area contributed by atoms with Crippen molar-refractivity contribution >= 4 is 5.91 Å². The molecule has 0 aliphatic heterocycles. The van der Waals surface area contributed by atoms with Gasteiger partial charge in [0.1, 0.15) is 11.4 Å². The molecule has 0 fully saturated rings. The summed E-state index contributed by atoms with van der Waals surface area (Å²) in [6.07, 6.45) is 0. The van der Waals surface area contributed by atoms with Crippen LogP contribution in [0.25, 0.3) is 0 Å². The molecule has 1 atom stereocenters. The van der Waals surface area contributed by atoms with Gasteiger partial charge in [-0.1, -0.05) is 24.2 Å². The number of nitrogens with one attached hydrogen (secondary N) is 2. The van der Waals surface area contributed by atoms with Crippen LogP contribution in [0.15, 0.2) is 4.63 Å². The van der Waals surface area contributed by atoms with E-state index >= 15 is 0 Å². The summed E-state index contributed by atoms with van der Waals surface area (Å²) in [6, 6.07) is -0.259. The number of aryl methyl sites for hydroxylation is 1. The van der Waals surface area contributed by atoms with Gasteiger partial charge in [-0.3, -0.25) is 4.79 Å². The van der Waals surface area contributed by atoms with Gasteiger partial charge in [0.15, 0.2) is 0 Å². The highest BCUT2D eigenvalue weighted by molar-refractivity contribution is 5.81. The van der Waals surface area contributed by atoms with Gasteiger partial charge in [-0.15, -0.1) is 0 Å². The Morgan fingerprint density at radius 1 is 1.35 bits per heavy atom. The maximum Gasteiger partial charge on any atom is 0.236 e. The van der Waals surface area contributed by atoms with Crippen molar-refractivity contribution in [1.29, 1.82) is 0 Å². The molecule has 0 saturated carbocycles. The summed E-state index contributed by atoms with van der Waals surface area (Å²) >= 11 is 0. The van der Waals surface area contributed by atoms with Crippen molar-refractivity contribution in [1.82, 2.24) is 20.9 Å². The van der Waals surface area contributed by atoms with Crippen LogP contribution in [0.1, 0.15) is 32.2 Å². The number of aromatic nitrogens is 2. The van der Waals surface area contributed by atoms with Crippen molar-refractivity contribution in [2.24, 2.45) is 5.92 Å². The predicted octanol–water partition coefficient (Wildman–Crippen LogP) is 0.628. The van der Waals surface area contributed by atoms with Crippen molar-refractivity contribution in [2.75, 3.05) is 6.54 Å². The Bertz CT molecular complexity index is 362. The third-order valence-electron chi connectivity index (χ3n) is 2.40. The Balaban J connectivity index is 2.31. The van der Waals surface area contributed by atoms with E-state index in [0.717, 1.165) is 11.4 Å². The summed E-state index contributed by atoms with van der Waals surface area (Å²) in [5.41, 5.74) is 1.47. The lowest BCUT2D eigenvalue weighted by Gasteiger charge is -2.14. The number of amides is 1. The van der Waals surface area contributed by atoms with E-state index in [1.54, 1.807) is 0 Å². The van der Waals surface area contributed by atoms with Crippen LogP contribution >= 0.6 is 0 Å². The second-order valence-corrected chi connectivity index (χ2v) is 4.54. The average Bonchev–Trinajstić information content (AvgIpc) is 2.68. The lowest BCUT2D eigenvalue weighted by Crippen LogP contribution is -2.43. The molecule has 0 bridgehead atoms. The van der Waals surface area contributed by atoms with Crippen LogP contribution in [0, 0.1) is 12.8 Å². The molecule has 0 aromatic carbocycles. The smallest absolute Gasteiger partial charge is 0.236 e. The molecule has 0 radical (unpaired) electrons. The first kappa shape index (κ1) is 13.6. The zero-order valence-corrected chi connectivity index (χ0v) is 10.8. The Hall–Kier alpha value is -1.43. The quantitative estimate of drug-likeness (QED) is 0.762. The van der Waals surface area contributed by atoms with Crippen LogP contribution in [0.2, 0.25) is 0 Å². The molecule has 0 aliphatic rings. The molecule has 0 aliphatic carbocycles. The van der Waals surface area contributed by atoms with Crippen LogP contribution in [-0.4, -0.2) is 28.8 Å². The van der Waals surface area contributed by atoms with Crippen LogP contribution in [0.3, 0.4) is 0 Å². The standard InChI is InChI=1S/C11H20N4O2/c1-7(2)5-13-11(16)9(4)12-6-10-8(3)14-17-15-10/h7,9,12H,5-6H2,1-4H3,(H,13,16). The number of rotatable bonds is 6. The Morgan fingerprint density at radius 2 is 2.06 bits per heavy atom. The highest BCUT2D eigenvalue weighted by atomic mass is 16.6. The summed E-state index contributed by atoms with van der Waals surface area (Å²) < 4.78 is 4.58. The van der Waals surface area contributed by atoms with Crippen molar-refractivity contribution in [3.63, 3.8) is 0 Å². The molecule has 96 valence electrons. The second kappa shape index (κ2) is 6.34. The summed E-state index contributed by atoms with van der Waals surface area (Å²) in [5, 5.41) is 13.4. The molecule has 1 aromatic heterocycles. The van der Waals surface area contributed by atoms with E-state index in [1.807, 2.05) is 13.8 Å². The molecule has 17 heavy (non-hydrogen) atoms. The van der Waals surface area contributed by atoms with Crippen molar-refractivity contribution in [3.8, 4) is 0 Å². The molecular weight excluding hydrogens is 220 g/mol. The third kappa shape index (κ3) is 4.52. The normalized spacial score (nSPS) is 12.8. The van der Waals surface area contributed by atoms with E-state index < -0.39 is 0 Å². The van der Waals surface area contributed by atoms with Gasteiger partial charge in [0, 0.05) is 13.1 Å². The Kier molecular flexibility index (Phi) is 5.09. The van der Waals surface area contributed by atoms with Crippen LogP contribution < -0.4 is 10.6 Å². The summed E-state index contributed by atoms with van der Waals surface area (Å²) in [5.74, 6) is 0.445. The molecule has 6 nitrogen and oxygen atoms in total. The van der Waals surface area contributed by atoms with Crippen LogP contribution in [-0.2, 0) is 11.3 Å². The summed E-state index contributed by atoms with van der Waals surface area (Å²) in [7, 11) is 0. The first-order valence-electron chi connectivity index (χ1n) is 5.79. The molecule has 1 rings (SSSR count). The van der Waals surface area contributed by atoms with Crippen LogP contribution in [0.5, 0.6) is 0 Å². The Morgan fingerprint density at radius 3 is 2.59 bits per heavy atom. The van der Waals surface area contributed by atoms with Gasteiger partial charge >= 0.3 is 0 Å². The van der Waals surface area contributed by atoms with E-state index in [9.17, 15) is 4.79 Å². The number of carbonyl (C=O) groups is 1. The first-order chi connectivity index (χ1) is 8.00. The molecule has 6 heteroatoms. The summed E-state index contributed by atoms with van der Waals surface area (Å²) in [4.78, 5) is 11.7. The fraction of sp³-hybridized carbons (Fsp3) is 0.727. The molecule has 1 aromatic rings. The average molecular weight is 240 g/mol. The van der Waals surface area contributed by atoms with Crippen molar-refractivity contribution in [3.05, 3.63) is 11.4 Å².